The molecule has 0 aliphatic carbocycles. The molecule has 1 N–H and O–H groups in total. The van der Waals surface area contributed by atoms with Crippen molar-refractivity contribution >= 4 is 5.91 Å². The Labute approximate surface area is 124 Å². The van der Waals surface area contributed by atoms with Gasteiger partial charge in [-0.3, -0.25) is 4.79 Å². The maximum Gasteiger partial charge on any atom is 0.223 e. The van der Waals surface area contributed by atoms with E-state index in [0.29, 0.717) is 30.6 Å². The Kier molecular flexibility index (Phi) is 5.70. The first-order valence-electron chi connectivity index (χ1n) is 7.38. The smallest absolute Gasteiger partial charge is 0.223 e. The monoisotopic (exact) mass is 289 g/mol. The number of carbonyl (C=O) groups is 1. The highest BCUT2D eigenvalue weighted by molar-refractivity contribution is 5.76. The molecule has 0 unspecified atom stereocenters. The summed E-state index contributed by atoms with van der Waals surface area (Å²) in [5.41, 5.74) is 1.09. The highest BCUT2D eigenvalue weighted by Crippen LogP contribution is 2.11. The summed E-state index contributed by atoms with van der Waals surface area (Å²) in [6.07, 6.45) is 3.83. The van der Waals surface area contributed by atoms with Crippen molar-refractivity contribution in [2.75, 3.05) is 19.6 Å². The molecule has 4 nitrogen and oxygen atoms in total. The Morgan fingerprint density at radius 2 is 2.10 bits per heavy atom. The van der Waals surface area contributed by atoms with E-state index < -0.39 is 0 Å². The van der Waals surface area contributed by atoms with E-state index in [4.69, 9.17) is 5.26 Å². The van der Waals surface area contributed by atoms with Crippen LogP contribution in [0.15, 0.2) is 18.2 Å². The summed E-state index contributed by atoms with van der Waals surface area (Å²) in [7, 11) is 0. The van der Waals surface area contributed by atoms with Crippen molar-refractivity contribution in [3.05, 3.63) is 35.1 Å². The first-order valence-corrected chi connectivity index (χ1v) is 7.38. The third kappa shape index (κ3) is 4.54. The number of piperidine rings is 1. The van der Waals surface area contributed by atoms with Gasteiger partial charge >= 0.3 is 0 Å². The van der Waals surface area contributed by atoms with Gasteiger partial charge in [-0.2, -0.15) is 5.26 Å². The molecule has 0 radical (unpaired) electrons. The number of nitrogens with zero attached hydrogens (tertiary/aromatic N) is 2. The van der Waals surface area contributed by atoms with E-state index in [9.17, 15) is 9.18 Å². The van der Waals surface area contributed by atoms with Gasteiger partial charge in [0.15, 0.2) is 0 Å². The molecular formula is C16H20FN3O. The first kappa shape index (κ1) is 15.5. The lowest BCUT2D eigenvalue weighted by Gasteiger charge is -2.26. The van der Waals surface area contributed by atoms with Gasteiger partial charge in [-0.15, -0.1) is 0 Å². The van der Waals surface area contributed by atoms with E-state index >= 15 is 0 Å². The lowest BCUT2D eigenvalue weighted by Crippen LogP contribution is -2.37. The van der Waals surface area contributed by atoms with Crippen LogP contribution in [0, 0.1) is 17.1 Å². The Balaban J connectivity index is 1.76. The van der Waals surface area contributed by atoms with Crippen LogP contribution in [0.1, 0.15) is 36.8 Å². The standard InChI is InChI=1S/C16H20FN3O/c17-15-5-4-13(11-18)14(10-15)12-19-7-6-16(21)20-8-2-1-3-9-20/h4-5,10,19H,1-3,6-9,12H2. The molecule has 2 rings (SSSR count). The van der Waals surface area contributed by atoms with E-state index in [0.717, 1.165) is 25.9 Å². The number of benzene rings is 1. The van der Waals surface area contributed by atoms with Crippen LogP contribution in [-0.4, -0.2) is 30.4 Å². The summed E-state index contributed by atoms with van der Waals surface area (Å²) in [5, 5.41) is 12.1. The Morgan fingerprint density at radius 1 is 1.33 bits per heavy atom. The fourth-order valence-electron chi connectivity index (χ4n) is 2.54. The molecule has 0 bridgehead atoms. The molecule has 0 saturated carbocycles. The minimum atomic E-state index is -0.352. The lowest BCUT2D eigenvalue weighted by molar-refractivity contribution is -0.131. The molecule has 1 aromatic rings. The lowest BCUT2D eigenvalue weighted by atomic mass is 10.1. The zero-order valence-corrected chi connectivity index (χ0v) is 12.1. The van der Waals surface area contributed by atoms with Crippen LogP contribution in [0.25, 0.3) is 0 Å². The molecule has 21 heavy (non-hydrogen) atoms. The molecule has 1 saturated heterocycles. The van der Waals surface area contributed by atoms with Gasteiger partial charge in [0, 0.05) is 32.6 Å². The second kappa shape index (κ2) is 7.75. The maximum absolute atomic E-state index is 13.2. The number of nitriles is 1. The Morgan fingerprint density at radius 3 is 2.81 bits per heavy atom. The minimum Gasteiger partial charge on any atom is -0.343 e. The number of amides is 1. The molecule has 1 aromatic carbocycles. The fourth-order valence-corrected chi connectivity index (χ4v) is 2.54. The van der Waals surface area contributed by atoms with Crippen molar-refractivity contribution in [3.8, 4) is 6.07 Å². The number of likely N-dealkylation sites (tertiary alicyclic amines) is 1. The fraction of sp³-hybridized carbons (Fsp3) is 0.500. The van der Waals surface area contributed by atoms with Crippen LogP contribution < -0.4 is 5.32 Å². The molecule has 0 spiro atoms. The van der Waals surface area contributed by atoms with Crippen LogP contribution in [0.4, 0.5) is 4.39 Å². The quantitative estimate of drug-likeness (QED) is 0.845. The molecular weight excluding hydrogens is 269 g/mol. The van der Waals surface area contributed by atoms with E-state index in [1.54, 1.807) is 0 Å². The van der Waals surface area contributed by atoms with E-state index in [1.165, 1.54) is 24.6 Å². The number of rotatable bonds is 5. The van der Waals surface area contributed by atoms with Gasteiger partial charge in [-0.1, -0.05) is 0 Å². The zero-order valence-electron chi connectivity index (χ0n) is 12.1. The number of halogens is 1. The number of nitrogens with one attached hydrogen (secondary N) is 1. The summed E-state index contributed by atoms with van der Waals surface area (Å²) in [4.78, 5) is 13.9. The molecule has 5 heteroatoms. The summed E-state index contributed by atoms with van der Waals surface area (Å²) in [6.45, 7) is 2.66. The van der Waals surface area contributed by atoms with Crippen LogP contribution in [0.3, 0.4) is 0 Å². The van der Waals surface area contributed by atoms with Crippen molar-refractivity contribution in [1.82, 2.24) is 10.2 Å². The van der Waals surface area contributed by atoms with Crippen LogP contribution in [0.5, 0.6) is 0 Å². The largest absolute Gasteiger partial charge is 0.343 e. The average molecular weight is 289 g/mol. The van der Waals surface area contributed by atoms with Crippen LogP contribution in [-0.2, 0) is 11.3 Å². The van der Waals surface area contributed by atoms with E-state index in [1.807, 2.05) is 11.0 Å². The average Bonchev–Trinajstić information content (AvgIpc) is 2.52. The zero-order chi connectivity index (χ0) is 15.1. The topological polar surface area (TPSA) is 56.1 Å². The van der Waals surface area contributed by atoms with Gasteiger partial charge in [-0.05, 0) is 43.0 Å². The Hall–Kier alpha value is -1.93. The molecule has 1 aliphatic rings. The normalized spacial score (nSPS) is 14.8. The van der Waals surface area contributed by atoms with Gasteiger partial charge in [0.05, 0.1) is 11.6 Å². The number of carbonyl (C=O) groups excluding carboxylic acids is 1. The van der Waals surface area contributed by atoms with Crippen molar-refractivity contribution in [1.29, 1.82) is 5.26 Å². The molecule has 1 amide bonds. The van der Waals surface area contributed by atoms with Crippen molar-refractivity contribution in [3.63, 3.8) is 0 Å². The van der Waals surface area contributed by atoms with Crippen molar-refractivity contribution in [2.24, 2.45) is 0 Å². The summed E-state index contributed by atoms with van der Waals surface area (Å²) in [6, 6.07) is 6.16. The molecule has 0 atom stereocenters. The summed E-state index contributed by atoms with van der Waals surface area (Å²) < 4.78 is 13.2. The summed E-state index contributed by atoms with van der Waals surface area (Å²) >= 11 is 0. The van der Waals surface area contributed by atoms with Gasteiger partial charge in [0.2, 0.25) is 5.91 Å². The van der Waals surface area contributed by atoms with Crippen LogP contribution in [0.2, 0.25) is 0 Å². The predicted octanol–water partition coefficient (Wildman–Crippen LogP) is 2.19. The number of hydrogen-bond donors (Lipinski definition) is 1. The van der Waals surface area contributed by atoms with E-state index in [2.05, 4.69) is 5.32 Å². The first-order chi connectivity index (χ1) is 10.2. The summed E-state index contributed by atoms with van der Waals surface area (Å²) in [5.74, 6) is -0.183. The van der Waals surface area contributed by atoms with Gasteiger partial charge in [0.25, 0.3) is 0 Å². The molecule has 1 aliphatic heterocycles. The highest BCUT2D eigenvalue weighted by Gasteiger charge is 2.15. The van der Waals surface area contributed by atoms with Gasteiger partial charge in [-0.25, -0.2) is 4.39 Å². The predicted molar refractivity (Wildman–Crippen MR) is 77.9 cm³/mol. The minimum absolute atomic E-state index is 0.168. The molecule has 1 fully saturated rings. The molecule has 1 heterocycles. The van der Waals surface area contributed by atoms with E-state index in [-0.39, 0.29) is 11.7 Å². The van der Waals surface area contributed by atoms with Crippen LogP contribution >= 0.6 is 0 Å². The van der Waals surface area contributed by atoms with Gasteiger partial charge in [0.1, 0.15) is 5.82 Å². The Bertz CT molecular complexity index is 533. The van der Waals surface area contributed by atoms with Gasteiger partial charge < -0.3 is 10.2 Å². The number of hydrogen-bond acceptors (Lipinski definition) is 3. The third-order valence-electron chi connectivity index (χ3n) is 3.73. The second-order valence-electron chi connectivity index (χ2n) is 5.28. The highest BCUT2D eigenvalue weighted by atomic mass is 19.1. The van der Waals surface area contributed by atoms with Crippen molar-refractivity contribution in [2.45, 2.75) is 32.2 Å². The van der Waals surface area contributed by atoms with Crippen molar-refractivity contribution < 1.29 is 9.18 Å². The molecule has 0 aromatic heterocycles. The maximum atomic E-state index is 13.2. The second-order valence-corrected chi connectivity index (χ2v) is 5.28. The SMILES string of the molecule is N#Cc1ccc(F)cc1CNCCC(=O)N1CCCCC1. The molecule has 112 valence electrons. The third-order valence-corrected chi connectivity index (χ3v) is 3.73.